The molecule has 3 rings (SSSR count). The topological polar surface area (TPSA) is 56.8 Å². The van der Waals surface area contributed by atoms with Crippen molar-refractivity contribution in [3.05, 3.63) is 58.1 Å². The van der Waals surface area contributed by atoms with Gasteiger partial charge >= 0.3 is 0 Å². The highest BCUT2D eigenvalue weighted by atomic mass is 35.5. The number of fused-ring (bicyclic) bond motifs is 1. The van der Waals surface area contributed by atoms with Gasteiger partial charge in [0.15, 0.2) is 11.5 Å². The molecular formula is C20H22ClNO4. The second-order valence-electron chi connectivity index (χ2n) is 6.29. The Morgan fingerprint density at radius 2 is 1.92 bits per heavy atom. The van der Waals surface area contributed by atoms with Crippen LogP contribution in [0.25, 0.3) is 0 Å². The van der Waals surface area contributed by atoms with Crippen LogP contribution in [0.2, 0.25) is 5.02 Å². The van der Waals surface area contributed by atoms with Gasteiger partial charge in [-0.25, -0.2) is 0 Å². The summed E-state index contributed by atoms with van der Waals surface area (Å²) in [6.45, 7) is 5.80. The molecule has 0 atom stereocenters. The van der Waals surface area contributed by atoms with Crippen molar-refractivity contribution in [2.24, 2.45) is 0 Å². The van der Waals surface area contributed by atoms with E-state index in [9.17, 15) is 4.79 Å². The summed E-state index contributed by atoms with van der Waals surface area (Å²) in [7, 11) is 0. The molecule has 138 valence electrons. The molecule has 0 spiro atoms. The quantitative estimate of drug-likeness (QED) is 0.830. The summed E-state index contributed by atoms with van der Waals surface area (Å²) in [5, 5.41) is 3.30. The second-order valence-corrected chi connectivity index (χ2v) is 6.70. The first kappa shape index (κ1) is 18.5. The maximum Gasteiger partial charge on any atom is 0.251 e. The van der Waals surface area contributed by atoms with Crippen LogP contribution in [0.15, 0.2) is 36.4 Å². The average molecular weight is 376 g/mol. The number of carbonyl (C=O) groups is 1. The Labute approximate surface area is 158 Å². The Bertz CT molecular complexity index is 791. The highest BCUT2D eigenvalue weighted by Gasteiger charge is 2.19. The van der Waals surface area contributed by atoms with Gasteiger partial charge in [0, 0.05) is 12.1 Å². The highest BCUT2D eigenvalue weighted by molar-refractivity contribution is 6.32. The van der Waals surface area contributed by atoms with Gasteiger partial charge in [-0.05, 0) is 37.1 Å². The van der Waals surface area contributed by atoms with Crippen LogP contribution in [0.1, 0.15) is 35.3 Å². The van der Waals surface area contributed by atoms with Crippen LogP contribution in [-0.4, -0.2) is 25.2 Å². The van der Waals surface area contributed by atoms with E-state index in [-0.39, 0.29) is 12.0 Å². The second kappa shape index (κ2) is 8.43. The van der Waals surface area contributed by atoms with Crippen molar-refractivity contribution in [1.29, 1.82) is 0 Å². The van der Waals surface area contributed by atoms with E-state index in [2.05, 4.69) is 5.32 Å². The molecule has 6 heteroatoms. The zero-order valence-corrected chi connectivity index (χ0v) is 15.6. The number of rotatable bonds is 6. The van der Waals surface area contributed by atoms with Crippen LogP contribution in [0, 0.1) is 0 Å². The Hall–Kier alpha value is -2.24. The SMILES string of the molecule is CC(C)OCc1ccccc1CNC(=O)c1cc(Cl)c2c(c1)OCCO2. The number of benzene rings is 2. The number of hydrogen-bond donors (Lipinski definition) is 1. The van der Waals surface area contributed by atoms with Crippen LogP contribution in [-0.2, 0) is 17.9 Å². The molecule has 1 amide bonds. The maximum absolute atomic E-state index is 12.5. The van der Waals surface area contributed by atoms with Crippen LogP contribution in [0.4, 0.5) is 0 Å². The van der Waals surface area contributed by atoms with Crippen molar-refractivity contribution in [3.8, 4) is 11.5 Å². The van der Waals surface area contributed by atoms with Gasteiger partial charge in [0.1, 0.15) is 13.2 Å². The number of halogens is 1. The van der Waals surface area contributed by atoms with Crippen molar-refractivity contribution in [2.45, 2.75) is 33.1 Å². The van der Waals surface area contributed by atoms with E-state index in [0.717, 1.165) is 11.1 Å². The van der Waals surface area contributed by atoms with Crippen molar-refractivity contribution in [3.63, 3.8) is 0 Å². The molecule has 1 heterocycles. The Kier molecular flexibility index (Phi) is 6.01. The third-order valence-electron chi connectivity index (χ3n) is 3.99. The number of nitrogens with one attached hydrogen (secondary N) is 1. The van der Waals surface area contributed by atoms with Crippen LogP contribution < -0.4 is 14.8 Å². The molecule has 1 N–H and O–H groups in total. The first-order valence-corrected chi connectivity index (χ1v) is 8.98. The Balaban J connectivity index is 1.69. The van der Waals surface area contributed by atoms with E-state index >= 15 is 0 Å². The molecule has 1 aliphatic rings. The highest BCUT2D eigenvalue weighted by Crippen LogP contribution is 2.38. The van der Waals surface area contributed by atoms with Gasteiger partial charge in [0.25, 0.3) is 5.91 Å². The van der Waals surface area contributed by atoms with Crippen molar-refractivity contribution in [1.82, 2.24) is 5.32 Å². The van der Waals surface area contributed by atoms with Crippen LogP contribution >= 0.6 is 11.6 Å². The van der Waals surface area contributed by atoms with Gasteiger partial charge in [0.05, 0.1) is 17.7 Å². The molecule has 5 nitrogen and oxygen atoms in total. The minimum absolute atomic E-state index is 0.150. The lowest BCUT2D eigenvalue weighted by Gasteiger charge is -2.20. The predicted octanol–water partition coefficient (Wildman–Crippen LogP) is 3.97. The number of amides is 1. The van der Waals surface area contributed by atoms with Gasteiger partial charge in [0.2, 0.25) is 0 Å². The van der Waals surface area contributed by atoms with Crippen molar-refractivity contribution in [2.75, 3.05) is 13.2 Å². The molecule has 0 aliphatic carbocycles. The largest absolute Gasteiger partial charge is 0.486 e. The minimum Gasteiger partial charge on any atom is -0.486 e. The molecule has 0 fully saturated rings. The normalized spacial score (nSPS) is 12.9. The summed E-state index contributed by atoms with van der Waals surface area (Å²) in [6, 6.07) is 11.1. The van der Waals surface area contributed by atoms with E-state index in [0.29, 0.717) is 48.5 Å². The zero-order chi connectivity index (χ0) is 18.5. The first-order valence-electron chi connectivity index (χ1n) is 8.60. The molecule has 2 aromatic rings. The number of carbonyl (C=O) groups excluding carboxylic acids is 1. The molecule has 1 aliphatic heterocycles. The fraction of sp³-hybridized carbons (Fsp3) is 0.350. The van der Waals surface area contributed by atoms with Crippen LogP contribution in [0.5, 0.6) is 11.5 Å². The van der Waals surface area contributed by atoms with E-state index in [1.165, 1.54) is 0 Å². The average Bonchev–Trinajstić information content (AvgIpc) is 2.65. The predicted molar refractivity (Wildman–Crippen MR) is 100.0 cm³/mol. The van der Waals surface area contributed by atoms with Crippen molar-refractivity contribution < 1.29 is 19.0 Å². The standard InChI is InChI=1S/C20H22ClNO4/c1-13(2)26-12-15-6-4-3-5-14(15)11-22-20(23)16-9-17(21)19-18(10-16)24-7-8-25-19/h3-6,9-10,13H,7-8,11-12H2,1-2H3,(H,22,23). The lowest BCUT2D eigenvalue weighted by Crippen LogP contribution is -2.24. The van der Waals surface area contributed by atoms with Crippen molar-refractivity contribution >= 4 is 17.5 Å². The zero-order valence-electron chi connectivity index (χ0n) is 14.9. The van der Waals surface area contributed by atoms with E-state index < -0.39 is 0 Å². The van der Waals surface area contributed by atoms with Crippen LogP contribution in [0.3, 0.4) is 0 Å². The number of hydrogen-bond acceptors (Lipinski definition) is 4. The molecule has 0 saturated carbocycles. The summed E-state index contributed by atoms with van der Waals surface area (Å²) in [5.41, 5.74) is 2.52. The molecule has 0 unspecified atom stereocenters. The number of ether oxygens (including phenoxy) is 3. The van der Waals surface area contributed by atoms with Gasteiger partial charge in [-0.2, -0.15) is 0 Å². The summed E-state index contributed by atoms with van der Waals surface area (Å²) in [6.07, 6.45) is 0.150. The molecule has 26 heavy (non-hydrogen) atoms. The summed E-state index contributed by atoms with van der Waals surface area (Å²) < 4.78 is 16.7. The van der Waals surface area contributed by atoms with Gasteiger partial charge in [-0.3, -0.25) is 4.79 Å². The lowest BCUT2D eigenvalue weighted by molar-refractivity contribution is 0.0651. The molecule has 0 aromatic heterocycles. The molecule has 0 bridgehead atoms. The third-order valence-corrected chi connectivity index (χ3v) is 4.27. The molecule has 2 aromatic carbocycles. The van der Waals surface area contributed by atoms with E-state index in [4.69, 9.17) is 25.8 Å². The molecular weight excluding hydrogens is 354 g/mol. The monoisotopic (exact) mass is 375 g/mol. The first-order chi connectivity index (χ1) is 12.5. The minimum atomic E-state index is -0.219. The Morgan fingerprint density at radius 3 is 2.69 bits per heavy atom. The van der Waals surface area contributed by atoms with Gasteiger partial charge in [-0.15, -0.1) is 0 Å². The van der Waals surface area contributed by atoms with E-state index in [1.807, 2.05) is 38.1 Å². The molecule has 0 saturated heterocycles. The Morgan fingerprint density at radius 1 is 1.19 bits per heavy atom. The maximum atomic E-state index is 12.5. The summed E-state index contributed by atoms with van der Waals surface area (Å²) in [5.74, 6) is 0.772. The summed E-state index contributed by atoms with van der Waals surface area (Å²) in [4.78, 5) is 12.5. The smallest absolute Gasteiger partial charge is 0.251 e. The van der Waals surface area contributed by atoms with Gasteiger partial charge in [-0.1, -0.05) is 35.9 Å². The summed E-state index contributed by atoms with van der Waals surface area (Å²) >= 11 is 6.20. The van der Waals surface area contributed by atoms with E-state index in [1.54, 1.807) is 12.1 Å². The molecule has 0 radical (unpaired) electrons. The fourth-order valence-electron chi connectivity index (χ4n) is 2.65. The lowest BCUT2D eigenvalue weighted by atomic mass is 10.1. The third kappa shape index (κ3) is 4.48. The fourth-order valence-corrected chi connectivity index (χ4v) is 2.91. The van der Waals surface area contributed by atoms with Gasteiger partial charge < -0.3 is 19.5 Å².